The fourth-order valence-corrected chi connectivity index (χ4v) is 0.771. The van der Waals surface area contributed by atoms with Crippen molar-refractivity contribution in [2.45, 2.75) is 20.3 Å². The fourth-order valence-electron chi connectivity index (χ4n) is 0.771. The highest BCUT2D eigenvalue weighted by Gasteiger charge is 2.09. The smallest absolute Gasteiger partial charge is 0.311 e. The van der Waals surface area contributed by atoms with Gasteiger partial charge in [0.2, 0.25) is 0 Å². The Labute approximate surface area is 91.8 Å². The number of hydrogen-bond donors (Lipinski definition) is 1. The van der Waals surface area contributed by atoms with E-state index in [4.69, 9.17) is 0 Å². The predicted molar refractivity (Wildman–Crippen MR) is 54.4 cm³/mol. The molecule has 0 aliphatic carbocycles. The molecule has 0 bridgehead atoms. The summed E-state index contributed by atoms with van der Waals surface area (Å²) in [6.07, 6.45) is -0.0629. The number of nitrogens with zero attached hydrogens (tertiary/aromatic N) is 2. The lowest BCUT2D eigenvalue weighted by atomic mass is 10.3. The Bertz CT molecular complexity index is 313. The molecule has 90 valence electrons. The van der Waals surface area contributed by atoms with Crippen molar-refractivity contribution in [2.24, 2.45) is 5.10 Å². The second-order valence-corrected chi connectivity index (χ2v) is 2.85. The van der Waals surface area contributed by atoms with Crippen molar-refractivity contribution in [2.75, 3.05) is 13.2 Å². The van der Waals surface area contributed by atoms with E-state index in [0.717, 1.165) is 0 Å². The standard InChI is InChI=1S/C8H13N3O5/c1-3-16-8(13)4-6(2)9-10-7(12)5-11(14)15/h3-5H2,1-2H3,(H,10,12)/b9-6-. The maximum absolute atomic E-state index is 11.0. The van der Waals surface area contributed by atoms with Crippen molar-refractivity contribution in [1.82, 2.24) is 5.43 Å². The summed E-state index contributed by atoms with van der Waals surface area (Å²) in [6, 6.07) is 0. The van der Waals surface area contributed by atoms with Crippen LogP contribution in [0.5, 0.6) is 0 Å². The van der Waals surface area contributed by atoms with E-state index < -0.39 is 23.3 Å². The van der Waals surface area contributed by atoms with E-state index in [2.05, 4.69) is 9.84 Å². The summed E-state index contributed by atoms with van der Waals surface area (Å²) in [5.74, 6) is -1.31. The molecule has 1 amide bonds. The highest BCUT2D eigenvalue weighted by atomic mass is 16.6. The molecule has 0 aromatic rings. The highest BCUT2D eigenvalue weighted by Crippen LogP contribution is 1.89. The van der Waals surface area contributed by atoms with Gasteiger partial charge in [0, 0.05) is 10.6 Å². The van der Waals surface area contributed by atoms with Gasteiger partial charge in [-0.2, -0.15) is 5.10 Å². The first kappa shape index (κ1) is 14.0. The third-order valence-electron chi connectivity index (χ3n) is 1.35. The van der Waals surface area contributed by atoms with Gasteiger partial charge >= 0.3 is 11.9 Å². The van der Waals surface area contributed by atoms with Gasteiger partial charge in [0.25, 0.3) is 6.54 Å². The van der Waals surface area contributed by atoms with Gasteiger partial charge in [-0.05, 0) is 13.8 Å². The lowest BCUT2D eigenvalue weighted by Crippen LogP contribution is -2.27. The van der Waals surface area contributed by atoms with Crippen LogP contribution in [0.25, 0.3) is 0 Å². The number of ether oxygens (including phenoxy) is 1. The van der Waals surface area contributed by atoms with Crippen LogP contribution in [0.4, 0.5) is 0 Å². The van der Waals surface area contributed by atoms with Gasteiger partial charge in [0.1, 0.15) is 0 Å². The number of hydrogen-bond acceptors (Lipinski definition) is 6. The minimum atomic E-state index is -0.851. The number of nitrogens with one attached hydrogen (secondary N) is 1. The molecule has 0 saturated carbocycles. The average Bonchev–Trinajstić information content (AvgIpc) is 2.14. The third-order valence-corrected chi connectivity index (χ3v) is 1.35. The number of esters is 1. The minimum Gasteiger partial charge on any atom is -0.466 e. The molecule has 1 N–H and O–H groups in total. The highest BCUT2D eigenvalue weighted by molar-refractivity contribution is 5.97. The molecule has 0 aliphatic heterocycles. The van der Waals surface area contributed by atoms with Gasteiger partial charge in [-0.1, -0.05) is 0 Å². The van der Waals surface area contributed by atoms with E-state index in [-0.39, 0.29) is 13.0 Å². The van der Waals surface area contributed by atoms with E-state index in [1.54, 1.807) is 6.92 Å². The third kappa shape index (κ3) is 7.42. The first-order chi connectivity index (χ1) is 7.45. The number of nitro groups is 1. The van der Waals surface area contributed by atoms with Gasteiger partial charge in [-0.3, -0.25) is 19.7 Å². The summed E-state index contributed by atoms with van der Waals surface area (Å²) in [4.78, 5) is 30.9. The average molecular weight is 231 g/mol. The molecule has 0 atom stereocenters. The molecule has 0 saturated heterocycles. The number of rotatable bonds is 6. The van der Waals surface area contributed by atoms with Crippen LogP contribution in [0.1, 0.15) is 20.3 Å². The predicted octanol–water partition coefficient (Wildman–Crippen LogP) is -0.292. The van der Waals surface area contributed by atoms with Crippen molar-refractivity contribution < 1.29 is 19.2 Å². The van der Waals surface area contributed by atoms with Crippen LogP contribution in [0, 0.1) is 10.1 Å². The van der Waals surface area contributed by atoms with E-state index in [9.17, 15) is 19.7 Å². The summed E-state index contributed by atoms with van der Waals surface area (Å²) in [5.41, 5.74) is 2.28. The lowest BCUT2D eigenvalue weighted by Gasteiger charge is -2.01. The number of amides is 1. The van der Waals surface area contributed by atoms with E-state index in [1.165, 1.54) is 6.92 Å². The summed E-state index contributed by atoms with van der Waals surface area (Å²) in [7, 11) is 0. The Morgan fingerprint density at radius 1 is 1.50 bits per heavy atom. The van der Waals surface area contributed by atoms with E-state index in [0.29, 0.717) is 5.71 Å². The molecule has 16 heavy (non-hydrogen) atoms. The molecule has 0 rings (SSSR count). The molecule has 0 aromatic carbocycles. The molecule has 0 aliphatic rings. The SMILES string of the molecule is CCOC(=O)C/C(C)=N\NC(=O)C[N+](=O)[O-]. The second kappa shape index (κ2) is 7.32. The number of carbonyl (C=O) groups is 2. The fraction of sp³-hybridized carbons (Fsp3) is 0.625. The largest absolute Gasteiger partial charge is 0.466 e. The normalized spacial score (nSPS) is 10.8. The Morgan fingerprint density at radius 3 is 2.62 bits per heavy atom. The maximum atomic E-state index is 11.0. The van der Waals surface area contributed by atoms with Crippen LogP contribution in [-0.4, -0.2) is 35.7 Å². The van der Waals surface area contributed by atoms with Crippen LogP contribution in [-0.2, 0) is 14.3 Å². The molecule has 0 radical (unpaired) electrons. The Morgan fingerprint density at radius 2 is 2.12 bits per heavy atom. The van der Waals surface area contributed by atoms with Crippen LogP contribution < -0.4 is 5.43 Å². The second-order valence-electron chi connectivity index (χ2n) is 2.85. The zero-order valence-electron chi connectivity index (χ0n) is 9.06. The summed E-state index contributed by atoms with van der Waals surface area (Å²) < 4.78 is 4.64. The van der Waals surface area contributed by atoms with Crippen LogP contribution in [0.2, 0.25) is 0 Å². The van der Waals surface area contributed by atoms with Crippen LogP contribution in [0.15, 0.2) is 5.10 Å². The molecule has 8 nitrogen and oxygen atoms in total. The summed E-state index contributed by atoms with van der Waals surface area (Å²) in [6.45, 7) is 2.59. The van der Waals surface area contributed by atoms with Crippen molar-refractivity contribution >= 4 is 17.6 Å². The van der Waals surface area contributed by atoms with Crippen molar-refractivity contribution in [1.29, 1.82) is 0 Å². The van der Waals surface area contributed by atoms with E-state index >= 15 is 0 Å². The minimum absolute atomic E-state index is 0.0629. The Balaban J connectivity index is 3.99. The first-order valence-corrected chi connectivity index (χ1v) is 4.55. The zero-order valence-corrected chi connectivity index (χ0v) is 9.06. The lowest BCUT2D eigenvalue weighted by molar-refractivity contribution is -0.467. The van der Waals surface area contributed by atoms with Gasteiger partial charge in [-0.25, -0.2) is 5.43 Å². The summed E-state index contributed by atoms with van der Waals surface area (Å²) in [5, 5.41) is 13.5. The topological polar surface area (TPSA) is 111 Å². The van der Waals surface area contributed by atoms with Crippen LogP contribution in [0.3, 0.4) is 0 Å². The van der Waals surface area contributed by atoms with Crippen LogP contribution >= 0.6 is 0 Å². The molecule has 8 heteroatoms. The van der Waals surface area contributed by atoms with Crippen molar-refractivity contribution in [3.8, 4) is 0 Å². The molecule has 0 aromatic heterocycles. The van der Waals surface area contributed by atoms with Gasteiger partial charge in [-0.15, -0.1) is 0 Å². The molecule has 0 spiro atoms. The van der Waals surface area contributed by atoms with E-state index in [1.807, 2.05) is 5.43 Å². The Hall–Kier alpha value is -1.99. The molecule has 0 heterocycles. The first-order valence-electron chi connectivity index (χ1n) is 4.55. The maximum Gasteiger partial charge on any atom is 0.311 e. The summed E-state index contributed by atoms with van der Waals surface area (Å²) >= 11 is 0. The van der Waals surface area contributed by atoms with Crippen molar-refractivity contribution in [3.63, 3.8) is 0 Å². The van der Waals surface area contributed by atoms with Gasteiger partial charge in [0.05, 0.1) is 13.0 Å². The molecular formula is C8H13N3O5. The quantitative estimate of drug-likeness (QED) is 0.292. The monoisotopic (exact) mass is 231 g/mol. The van der Waals surface area contributed by atoms with Crippen molar-refractivity contribution in [3.05, 3.63) is 10.1 Å². The van der Waals surface area contributed by atoms with Gasteiger partial charge in [0.15, 0.2) is 0 Å². The molecular weight excluding hydrogens is 218 g/mol. The zero-order chi connectivity index (χ0) is 12.6. The molecule has 0 unspecified atom stereocenters. The Kier molecular flexibility index (Phi) is 6.41. The number of carbonyl (C=O) groups excluding carboxylic acids is 2. The number of hydrazone groups is 1. The van der Waals surface area contributed by atoms with Gasteiger partial charge < -0.3 is 4.74 Å². The molecule has 0 fully saturated rings.